The Labute approximate surface area is 139 Å². The molecule has 1 fully saturated rings. The van der Waals surface area contributed by atoms with Gasteiger partial charge < -0.3 is 9.31 Å². The molecule has 1 aliphatic heterocycles. The molecule has 1 aliphatic rings. The third-order valence-electron chi connectivity index (χ3n) is 4.57. The van der Waals surface area contributed by atoms with E-state index >= 15 is 0 Å². The first-order valence-corrected chi connectivity index (χ1v) is 8.85. The molecule has 0 bridgehead atoms. The average Bonchev–Trinajstić information content (AvgIpc) is 2.67. The molecule has 10 heteroatoms. The van der Waals surface area contributed by atoms with Gasteiger partial charge in [0, 0.05) is 0 Å². The maximum Gasteiger partial charge on any atom is 0.494 e. The zero-order valence-corrected chi connectivity index (χ0v) is 14.6. The van der Waals surface area contributed by atoms with E-state index < -0.39 is 45.0 Å². The Bertz CT molecular complexity index is 751. The highest BCUT2D eigenvalue weighted by atomic mass is 32.2. The van der Waals surface area contributed by atoms with Crippen molar-refractivity contribution in [2.45, 2.75) is 56.4 Å². The van der Waals surface area contributed by atoms with Gasteiger partial charge in [0.2, 0.25) is 10.0 Å². The molecule has 1 heterocycles. The summed E-state index contributed by atoms with van der Waals surface area (Å²) in [7, 11) is -5.43. The third-order valence-corrected chi connectivity index (χ3v) is 5.47. The molecule has 5 nitrogen and oxygen atoms in total. The standard InChI is InChI=1S/C14H19BF3NO4S/c1-5-13(4)12(2,3)22-15(23-13)10-6-9(14(16,17)18)7-11(8-10)24(19,20)21/h6-8H,5H2,1-4H3,(H2,19,20,21). The number of nitrogens with two attached hydrogens (primary N) is 1. The molecule has 0 amide bonds. The summed E-state index contributed by atoms with van der Waals surface area (Å²) >= 11 is 0. The minimum absolute atomic E-state index is 0.0425. The van der Waals surface area contributed by atoms with Crippen molar-refractivity contribution in [1.29, 1.82) is 0 Å². The van der Waals surface area contributed by atoms with Gasteiger partial charge in [0.1, 0.15) is 0 Å². The highest BCUT2D eigenvalue weighted by Crippen LogP contribution is 2.40. The van der Waals surface area contributed by atoms with Gasteiger partial charge in [-0.1, -0.05) is 13.0 Å². The zero-order chi connectivity index (χ0) is 18.6. The van der Waals surface area contributed by atoms with Gasteiger partial charge in [-0.15, -0.1) is 0 Å². The first-order chi connectivity index (χ1) is 10.7. The van der Waals surface area contributed by atoms with Gasteiger partial charge in [0.05, 0.1) is 21.7 Å². The van der Waals surface area contributed by atoms with E-state index in [2.05, 4.69) is 0 Å². The Morgan fingerprint density at radius 2 is 1.75 bits per heavy atom. The van der Waals surface area contributed by atoms with Crippen molar-refractivity contribution in [3.8, 4) is 0 Å². The van der Waals surface area contributed by atoms with E-state index in [1.807, 2.05) is 6.92 Å². The molecule has 134 valence electrons. The lowest BCUT2D eigenvalue weighted by molar-refractivity contribution is -0.137. The van der Waals surface area contributed by atoms with Crippen molar-refractivity contribution in [2.24, 2.45) is 5.14 Å². The van der Waals surface area contributed by atoms with Gasteiger partial charge >= 0.3 is 13.3 Å². The van der Waals surface area contributed by atoms with E-state index in [1.165, 1.54) is 0 Å². The van der Waals surface area contributed by atoms with Gasteiger partial charge in [0.25, 0.3) is 0 Å². The second kappa shape index (κ2) is 5.72. The minimum atomic E-state index is -4.72. The summed E-state index contributed by atoms with van der Waals surface area (Å²) in [5, 5.41) is 4.99. The van der Waals surface area contributed by atoms with E-state index in [4.69, 9.17) is 14.4 Å². The van der Waals surface area contributed by atoms with Crippen molar-refractivity contribution < 1.29 is 30.9 Å². The lowest BCUT2D eigenvalue weighted by Gasteiger charge is -2.35. The van der Waals surface area contributed by atoms with Crippen molar-refractivity contribution >= 4 is 22.6 Å². The summed E-state index contributed by atoms with van der Waals surface area (Å²) < 4.78 is 73.8. The van der Waals surface area contributed by atoms with Crippen LogP contribution in [0.4, 0.5) is 13.2 Å². The molecule has 0 spiro atoms. The van der Waals surface area contributed by atoms with Crippen LogP contribution in [0.5, 0.6) is 0 Å². The van der Waals surface area contributed by atoms with Crippen LogP contribution in [-0.4, -0.2) is 26.7 Å². The van der Waals surface area contributed by atoms with Crippen LogP contribution in [0.25, 0.3) is 0 Å². The second-order valence-electron chi connectivity index (χ2n) is 6.50. The molecule has 2 rings (SSSR count). The van der Waals surface area contributed by atoms with Crippen molar-refractivity contribution in [3.05, 3.63) is 23.8 Å². The van der Waals surface area contributed by atoms with E-state index in [0.29, 0.717) is 12.5 Å². The quantitative estimate of drug-likeness (QED) is 0.832. The van der Waals surface area contributed by atoms with Crippen molar-refractivity contribution in [2.75, 3.05) is 0 Å². The van der Waals surface area contributed by atoms with Crippen LogP contribution in [0.1, 0.15) is 39.7 Å². The zero-order valence-electron chi connectivity index (χ0n) is 13.8. The predicted molar refractivity (Wildman–Crippen MR) is 83.2 cm³/mol. The number of benzene rings is 1. The van der Waals surface area contributed by atoms with Gasteiger partial charge in [-0.2, -0.15) is 13.2 Å². The number of hydrogen-bond donors (Lipinski definition) is 1. The van der Waals surface area contributed by atoms with E-state index in [0.717, 1.165) is 12.1 Å². The summed E-state index contributed by atoms with van der Waals surface area (Å²) in [5.74, 6) is 0. The largest absolute Gasteiger partial charge is 0.494 e. The molecule has 0 radical (unpaired) electrons. The van der Waals surface area contributed by atoms with E-state index in [9.17, 15) is 21.6 Å². The SMILES string of the molecule is CCC1(C)OB(c2cc(C(F)(F)F)cc(S(N)(=O)=O)c2)OC1(C)C. The molecule has 1 unspecified atom stereocenters. The molecule has 0 aromatic heterocycles. The lowest BCUT2D eigenvalue weighted by atomic mass is 9.78. The van der Waals surface area contributed by atoms with Gasteiger partial charge in [0.15, 0.2) is 0 Å². The summed E-state index contributed by atoms with van der Waals surface area (Å²) in [4.78, 5) is -0.637. The fourth-order valence-corrected chi connectivity index (χ4v) is 3.12. The Kier molecular flexibility index (Phi) is 4.58. The molecular formula is C14H19BF3NO4S. The van der Waals surface area contributed by atoms with Crippen LogP contribution in [0.2, 0.25) is 0 Å². The van der Waals surface area contributed by atoms with Crippen molar-refractivity contribution in [1.82, 2.24) is 0 Å². The van der Waals surface area contributed by atoms with E-state index in [1.54, 1.807) is 20.8 Å². The molecule has 0 aliphatic carbocycles. The smallest absolute Gasteiger partial charge is 0.399 e. The lowest BCUT2D eigenvalue weighted by Crippen LogP contribution is -2.44. The topological polar surface area (TPSA) is 78.6 Å². The third kappa shape index (κ3) is 3.46. The molecule has 1 saturated heterocycles. The normalized spacial score (nSPS) is 24.4. The minimum Gasteiger partial charge on any atom is -0.399 e. The molecule has 1 atom stereocenters. The van der Waals surface area contributed by atoms with Crippen LogP contribution >= 0.6 is 0 Å². The van der Waals surface area contributed by atoms with Crippen molar-refractivity contribution in [3.63, 3.8) is 0 Å². The number of hydrogen-bond acceptors (Lipinski definition) is 4. The Morgan fingerprint density at radius 1 is 1.17 bits per heavy atom. The maximum absolute atomic E-state index is 13.1. The summed E-state index contributed by atoms with van der Waals surface area (Å²) in [5.41, 5.74) is -2.66. The summed E-state index contributed by atoms with van der Waals surface area (Å²) in [6, 6.07) is 2.36. The number of halogens is 3. The maximum atomic E-state index is 13.1. The number of rotatable bonds is 3. The second-order valence-corrected chi connectivity index (χ2v) is 8.06. The Balaban J connectivity index is 2.56. The summed E-state index contributed by atoms with van der Waals surface area (Å²) in [6.07, 6.45) is -4.16. The number of alkyl halides is 3. The molecule has 0 saturated carbocycles. The molecular weight excluding hydrogens is 346 g/mol. The predicted octanol–water partition coefficient (Wildman–Crippen LogP) is 2.04. The molecule has 1 aromatic rings. The van der Waals surface area contributed by atoms with Gasteiger partial charge in [-0.25, -0.2) is 13.6 Å². The highest BCUT2D eigenvalue weighted by molar-refractivity contribution is 7.89. The van der Waals surface area contributed by atoms with E-state index in [-0.39, 0.29) is 5.46 Å². The monoisotopic (exact) mass is 365 g/mol. The fraction of sp³-hybridized carbons (Fsp3) is 0.571. The first-order valence-electron chi connectivity index (χ1n) is 7.30. The molecule has 24 heavy (non-hydrogen) atoms. The Hall–Kier alpha value is -1.10. The fourth-order valence-electron chi connectivity index (χ4n) is 2.53. The van der Waals surface area contributed by atoms with Crippen LogP contribution in [0.15, 0.2) is 23.1 Å². The number of primary sulfonamides is 1. The highest BCUT2D eigenvalue weighted by Gasteiger charge is 2.53. The van der Waals surface area contributed by atoms with Gasteiger partial charge in [-0.05, 0) is 44.8 Å². The summed E-state index contributed by atoms with van der Waals surface area (Å²) in [6.45, 7) is 7.20. The number of sulfonamides is 1. The Morgan fingerprint density at radius 3 is 2.17 bits per heavy atom. The van der Waals surface area contributed by atoms with Gasteiger partial charge in [-0.3, -0.25) is 0 Å². The average molecular weight is 365 g/mol. The van der Waals surface area contributed by atoms with Crippen LogP contribution < -0.4 is 10.6 Å². The van der Waals surface area contributed by atoms with Crippen LogP contribution in [-0.2, 0) is 25.5 Å². The van der Waals surface area contributed by atoms with Crippen LogP contribution in [0, 0.1) is 0 Å². The first kappa shape index (κ1) is 19.2. The molecule has 1 aromatic carbocycles. The van der Waals surface area contributed by atoms with Crippen LogP contribution in [0.3, 0.4) is 0 Å². The molecule has 2 N–H and O–H groups in total.